The highest BCUT2D eigenvalue weighted by Gasteiger charge is 2.38. The van der Waals surface area contributed by atoms with Crippen LogP contribution in [0.4, 0.5) is 10.5 Å². The maximum atomic E-state index is 12.8. The van der Waals surface area contributed by atoms with Gasteiger partial charge in [-0.2, -0.15) is 0 Å². The van der Waals surface area contributed by atoms with Crippen LogP contribution < -0.4 is 20.1 Å². The lowest BCUT2D eigenvalue weighted by atomic mass is 9.79. The van der Waals surface area contributed by atoms with Crippen LogP contribution in [0.2, 0.25) is 5.02 Å². The first kappa shape index (κ1) is 22.7. The molecule has 0 aliphatic carbocycles. The van der Waals surface area contributed by atoms with Crippen molar-refractivity contribution in [1.29, 1.82) is 0 Å². The summed E-state index contributed by atoms with van der Waals surface area (Å²) in [6.45, 7) is 3.38. The van der Waals surface area contributed by atoms with E-state index in [4.69, 9.17) is 21.1 Å². The van der Waals surface area contributed by atoms with Gasteiger partial charge in [-0.05, 0) is 48.7 Å². The summed E-state index contributed by atoms with van der Waals surface area (Å²) in [5.41, 5.74) is 1.01. The second-order valence-electron chi connectivity index (χ2n) is 7.85. The van der Waals surface area contributed by atoms with Crippen LogP contribution in [0.15, 0.2) is 42.5 Å². The lowest BCUT2D eigenvalue weighted by Crippen LogP contribution is -2.49. The molecule has 2 aromatic carbocycles. The van der Waals surface area contributed by atoms with Crippen molar-refractivity contribution in [2.45, 2.75) is 26.3 Å². The zero-order chi connectivity index (χ0) is 22.4. The number of hydrogen-bond acceptors (Lipinski definition) is 4. The molecule has 0 spiro atoms. The lowest BCUT2D eigenvalue weighted by Gasteiger charge is -2.38. The lowest BCUT2D eigenvalue weighted by molar-refractivity contribution is -0.132. The number of urea groups is 1. The number of nitrogens with zero attached hydrogens (tertiary/aromatic N) is 1. The van der Waals surface area contributed by atoms with Gasteiger partial charge in [0.15, 0.2) is 0 Å². The van der Waals surface area contributed by atoms with Crippen molar-refractivity contribution in [3.63, 3.8) is 0 Å². The molecule has 0 atom stereocenters. The Kier molecular flexibility index (Phi) is 7.28. The molecule has 2 aromatic rings. The quantitative estimate of drug-likeness (QED) is 0.694. The molecule has 1 aliphatic heterocycles. The molecule has 0 saturated carbocycles. The predicted molar refractivity (Wildman–Crippen MR) is 121 cm³/mol. The van der Waals surface area contributed by atoms with Crippen LogP contribution in [0, 0.1) is 5.41 Å². The van der Waals surface area contributed by atoms with Gasteiger partial charge in [-0.1, -0.05) is 30.7 Å². The third-order valence-electron chi connectivity index (χ3n) is 5.72. The van der Waals surface area contributed by atoms with Gasteiger partial charge in [-0.15, -0.1) is 0 Å². The van der Waals surface area contributed by atoms with Crippen molar-refractivity contribution >= 4 is 29.2 Å². The topological polar surface area (TPSA) is 79.9 Å². The maximum Gasteiger partial charge on any atom is 0.321 e. The average molecular weight is 446 g/mol. The minimum atomic E-state index is -0.517. The Morgan fingerprint density at radius 1 is 1.06 bits per heavy atom. The number of ether oxygens (including phenoxy) is 2. The molecule has 0 unspecified atom stereocenters. The molecule has 3 rings (SSSR count). The van der Waals surface area contributed by atoms with Gasteiger partial charge in [0.25, 0.3) is 0 Å². The molecule has 2 N–H and O–H groups in total. The summed E-state index contributed by atoms with van der Waals surface area (Å²) in [5, 5.41) is 6.38. The van der Waals surface area contributed by atoms with Gasteiger partial charge < -0.3 is 25.0 Å². The Morgan fingerprint density at radius 3 is 2.35 bits per heavy atom. The molecule has 7 nitrogen and oxygen atoms in total. The number of nitrogens with one attached hydrogen (secondary N) is 2. The number of halogens is 1. The van der Waals surface area contributed by atoms with Gasteiger partial charge in [-0.3, -0.25) is 4.79 Å². The van der Waals surface area contributed by atoms with Crippen LogP contribution in [0.25, 0.3) is 0 Å². The molecule has 1 saturated heterocycles. The normalized spacial score (nSPS) is 15.2. The number of methoxy groups -OCH3 is 2. The van der Waals surface area contributed by atoms with Crippen molar-refractivity contribution in [3.8, 4) is 11.5 Å². The fourth-order valence-electron chi connectivity index (χ4n) is 3.54. The van der Waals surface area contributed by atoms with Crippen LogP contribution >= 0.6 is 11.6 Å². The second kappa shape index (κ2) is 9.92. The molecule has 166 valence electrons. The maximum absolute atomic E-state index is 12.8. The fraction of sp³-hybridized carbons (Fsp3) is 0.391. The number of likely N-dealkylation sites (tertiary alicyclic amines) is 1. The number of benzene rings is 2. The summed E-state index contributed by atoms with van der Waals surface area (Å²) in [4.78, 5) is 27.2. The summed E-state index contributed by atoms with van der Waals surface area (Å²) in [6.07, 6.45) is 1.17. The first-order valence-corrected chi connectivity index (χ1v) is 10.5. The largest absolute Gasteiger partial charge is 0.497 e. The molecule has 31 heavy (non-hydrogen) atoms. The van der Waals surface area contributed by atoms with Gasteiger partial charge in [0.1, 0.15) is 11.5 Å². The van der Waals surface area contributed by atoms with Gasteiger partial charge in [0.2, 0.25) is 5.91 Å². The highest BCUT2D eigenvalue weighted by atomic mass is 35.5. The molecule has 1 heterocycles. The van der Waals surface area contributed by atoms with E-state index in [1.54, 1.807) is 30.2 Å². The highest BCUT2D eigenvalue weighted by molar-refractivity contribution is 6.31. The minimum Gasteiger partial charge on any atom is -0.497 e. The minimum absolute atomic E-state index is 0.000105. The van der Waals surface area contributed by atoms with Crippen molar-refractivity contribution in [2.75, 3.05) is 32.6 Å². The summed E-state index contributed by atoms with van der Waals surface area (Å²) in [5.74, 6) is 1.32. The fourth-order valence-corrected chi connectivity index (χ4v) is 3.71. The second-order valence-corrected chi connectivity index (χ2v) is 8.29. The Morgan fingerprint density at radius 2 is 1.74 bits per heavy atom. The van der Waals surface area contributed by atoms with Gasteiger partial charge in [0.05, 0.1) is 19.9 Å². The number of carbonyl (C=O) groups excluding carboxylic acids is 2. The van der Waals surface area contributed by atoms with E-state index in [1.807, 2.05) is 31.2 Å². The van der Waals surface area contributed by atoms with E-state index in [0.717, 1.165) is 11.3 Å². The van der Waals surface area contributed by atoms with Crippen LogP contribution in [-0.2, 0) is 11.3 Å². The summed E-state index contributed by atoms with van der Waals surface area (Å²) in [6, 6.07) is 12.4. The number of anilines is 1. The molecular weight excluding hydrogens is 418 g/mol. The number of hydrogen-bond donors (Lipinski definition) is 2. The third-order valence-corrected chi connectivity index (χ3v) is 5.95. The van der Waals surface area contributed by atoms with E-state index in [0.29, 0.717) is 48.9 Å². The number of amides is 3. The molecule has 0 aromatic heterocycles. The standard InChI is InChI=1S/C23H28ClN3O4/c1-23(21(28)25-15-16-4-7-18(30-2)8-5-16)10-12-27(13-11-23)22(29)26-19-14-17(24)6-9-20(19)31-3/h4-9,14H,10-13,15H2,1-3H3,(H,25,28)(H,26,29). The van der Waals surface area contributed by atoms with E-state index < -0.39 is 5.41 Å². The Bertz CT molecular complexity index is 925. The first-order chi connectivity index (χ1) is 14.8. The van der Waals surface area contributed by atoms with E-state index >= 15 is 0 Å². The van der Waals surface area contributed by atoms with E-state index in [1.165, 1.54) is 7.11 Å². The SMILES string of the molecule is COc1ccc(CNC(=O)C2(C)CCN(C(=O)Nc3cc(Cl)ccc3OC)CC2)cc1. The van der Waals surface area contributed by atoms with Crippen LogP contribution in [0.3, 0.4) is 0 Å². The number of piperidine rings is 1. The highest BCUT2D eigenvalue weighted by Crippen LogP contribution is 2.32. The molecule has 0 radical (unpaired) electrons. The summed E-state index contributed by atoms with van der Waals surface area (Å²) >= 11 is 6.03. The van der Waals surface area contributed by atoms with Gasteiger partial charge >= 0.3 is 6.03 Å². The zero-order valence-corrected chi connectivity index (χ0v) is 18.8. The van der Waals surface area contributed by atoms with Crippen LogP contribution in [-0.4, -0.2) is 44.1 Å². The van der Waals surface area contributed by atoms with Crippen molar-refractivity contribution in [1.82, 2.24) is 10.2 Å². The van der Waals surface area contributed by atoms with Crippen LogP contribution in [0.5, 0.6) is 11.5 Å². The first-order valence-electron chi connectivity index (χ1n) is 10.2. The van der Waals surface area contributed by atoms with Crippen molar-refractivity contribution in [2.24, 2.45) is 5.41 Å². The third kappa shape index (κ3) is 5.61. The van der Waals surface area contributed by atoms with Gasteiger partial charge in [0, 0.05) is 30.1 Å². The monoisotopic (exact) mass is 445 g/mol. The molecule has 3 amide bonds. The molecular formula is C23H28ClN3O4. The Balaban J connectivity index is 1.53. The number of rotatable bonds is 6. The smallest absolute Gasteiger partial charge is 0.321 e. The Labute approximate surface area is 187 Å². The molecule has 1 fully saturated rings. The summed E-state index contributed by atoms with van der Waals surface area (Å²) in [7, 11) is 3.16. The molecule has 8 heteroatoms. The van der Waals surface area contributed by atoms with E-state index in [2.05, 4.69) is 10.6 Å². The van der Waals surface area contributed by atoms with Crippen LogP contribution in [0.1, 0.15) is 25.3 Å². The zero-order valence-electron chi connectivity index (χ0n) is 18.0. The van der Waals surface area contributed by atoms with E-state index in [-0.39, 0.29) is 11.9 Å². The van der Waals surface area contributed by atoms with E-state index in [9.17, 15) is 9.59 Å². The number of carbonyl (C=O) groups is 2. The van der Waals surface area contributed by atoms with Crippen molar-refractivity contribution in [3.05, 3.63) is 53.1 Å². The summed E-state index contributed by atoms with van der Waals surface area (Å²) < 4.78 is 10.4. The average Bonchev–Trinajstić information content (AvgIpc) is 2.78. The van der Waals surface area contributed by atoms with Crippen molar-refractivity contribution < 1.29 is 19.1 Å². The molecule has 0 bridgehead atoms. The predicted octanol–water partition coefficient (Wildman–Crippen LogP) is 4.31. The van der Waals surface area contributed by atoms with Gasteiger partial charge in [-0.25, -0.2) is 4.79 Å². The molecule has 1 aliphatic rings. The Hall–Kier alpha value is -2.93.